The summed E-state index contributed by atoms with van der Waals surface area (Å²) in [4.78, 5) is 33.8. The van der Waals surface area contributed by atoms with Gasteiger partial charge in [0, 0.05) is 37.3 Å². The largest absolute Gasteiger partial charge is 0.454 e. The van der Waals surface area contributed by atoms with Crippen molar-refractivity contribution in [1.82, 2.24) is 19.6 Å². The van der Waals surface area contributed by atoms with Gasteiger partial charge in [0.2, 0.25) is 18.6 Å². The fraction of sp³-hybridized carbons (Fsp3) is 0.324. The number of amides is 2. The zero-order valence-corrected chi connectivity index (χ0v) is 25.8. The van der Waals surface area contributed by atoms with Crippen molar-refractivity contribution in [2.75, 3.05) is 56.7 Å². The van der Waals surface area contributed by atoms with E-state index >= 15 is 0 Å². The number of ether oxygens (including phenoxy) is 2. The number of anilines is 1. The zero-order valence-electron chi connectivity index (χ0n) is 24.9. The number of carbonyl (C=O) groups excluding carboxylic acids is 2. The topological polar surface area (TPSA) is 80.1 Å². The van der Waals surface area contributed by atoms with Crippen LogP contribution in [0.4, 0.5) is 5.82 Å². The molecule has 1 unspecified atom stereocenters. The third-order valence-electron chi connectivity index (χ3n) is 8.58. The van der Waals surface area contributed by atoms with Crippen molar-refractivity contribution in [3.8, 4) is 28.4 Å². The first kappa shape index (κ1) is 28.5. The highest BCUT2D eigenvalue weighted by molar-refractivity contribution is 8.00. The van der Waals surface area contributed by atoms with Crippen LogP contribution < -0.4 is 14.4 Å². The number of carbonyl (C=O) groups is 2. The van der Waals surface area contributed by atoms with Gasteiger partial charge in [-0.2, -0.15) is 5.10 Å². The summed E-state index contributed by atoms with van der Waals surface area (Å²) in [5, 5.41) is 4.95. The Morgan fingerprint density at radius 3 is 2.45 bits per heavy atom. The van der Waals surface area contributed by atoms with Crippen LogP contribution >= 0.6 is 11.8 Å². The molecule has 0 saturated carbocycles. The smallest absolute Gasteiger partial charge is 0.242 e. The lowest BCUT2D eigenvalue weighted by Gasteiger charge is -2.35. The van der Waals surface area contributed by atoms with Gasteiger partial charge in [-0.25, -0.2) is 4.68 Å². The van der Waals surface area contributed by atoms with E-state index in [9.17, 15) is 9.59 Å². The van der Waals surface area contributed by atoms with Gasteiger partial charge in [-0.3, -0.25) is 14.5 Å². The van der Waals surface area contributed by atoms with Crippen LogP contribution in [0.15, 0.2) is 72.8 Å². The highest BCUT2D eigenvalue weighted by atomic mass is 32.2. The number of hydrogen-bond acceptors (Lipinski definition) is 7. The second kappa shape index (κ2) is 12.0. The van der Waals surface area contributed by atoms with E-state index in [0.29, 0.717) is 30.4 Å². The Balaban J connectivity index is 1.40. The monoisotopic (exact) mass is 609 g/mol. The van der Waals surface area contributed by atoms with Crippen molar-refractivity contribution in [2.45, 2.75) is 19.1 Å². The summed E-state index contributed by atoms with van der Waals surface area (Å²) in [6.07, 6.45) is 0. The Kier molecular flexibility index (Phi) is 7.78. The number of thioether (sulfide) groups is 1. The first-order valence-electron chi connectivity index (χ1n) is 15.1. The molecule has 0 spiro atoms. The standard InChI is InChI=1S/C34H35N5O4S/c1-3-36-15-17-37(18-16-36)29(40)20-38-30(41)21-44-33(25-11-14-27-28(19-25)43-22-42-27)31-32(24-7-5-4-6-8-24)35-39(34(31)38)26-12-9-23(2)10-13-26/h4-14,19,33H,3,15-18,20-22H2,1-2H3. The molecule has 10 heteroatoms. The maximum atomic E-state index is 14.1. The molecule has 3 aliphatic heterocycles. The minimum atomic E-state index is -0.244. The summed E-state index contributed by atoms with van der Waals surface area (Å²) in [5.74, 6) is 2.07. The van der Waals surface area contributed by atoms with Crippen LogP contribution in [0.3, 0.4) is 0 Å². The van der Waals surface area contributed by atoms with Crippen molar-refractivity contribution < 1.29 is 19.1 Å². The molecule has 0 N–H and O–H groups in total. The Morgan fingerprint density at radius 1 is 0.955 bits per heavy atom. The van der Waals surface area contributed by atoms with Crippen LogP contribution in [0.1, 0.15) is 28.9 Å². The number of fused-ring (bicyclic) bond motifs is 2. The predicted molar refractivity (Wildman–Crippen MR) is 172 cm³/mol. The molecule has 4 heterocycles. The summed E-state index contributed by atoms with van der Waals surface area (Å²) in [6, 6.07) is 24.1. The molecule has 4 aromatic rings. The van der Waals surface area contributed by atoms with Gasteiger partial charge in [0.25, 0.3) is 0 Å². The SMILES string of the molecule is CCN1CCN(C(=O)CN2C(=O)CSC(c3ccc4c(c3)OCO4)c3c(-c4ccccc4)nn(-c4ccc(C)cc4)c32)CC1. The fourth-order valence-corrected chi connectivity index (χ4v) is 7.27. The van der Waals surface area contributed by atoms with E-state index in [1.54, 1.807) is 16.7 Å². The lowest BCUT2D eigenvalue weighted by Crippen LogP contribution is -2.52. The molecule has 1 atom stereocenters. The van der Waals surface area contributed by atoms with Crippen LogP contribution in [0, 0.1) is 6.92 Å². The van der Waals surface area contributed by atoms with Crippen molar-refractivity contribution in [3.63, 3.8) is 0 Å². The molecule has 1 fully saturated rings. The fourth-order valence-electron chi connectivity index (χ4n) is 6.08. The average molecular weight is 610 g/mol. The minimum absolute atomic E-state index is 0.0435. The highest BCUT2D eigenvalue weighted by Gasteiger charge is 2.39. The summed E-state index contributed by atoms with van der Waals surface area (Å²) in [6.45, 7) is 8.27. The second-order valence-electron chi connectivity index (χ2n) is 11.3. The number of rotatable bonds is 6. The van der Waals surface area contributed by atoms with Crippen molar-refractivity contribution in [3.05, 3.63) is 89.5 Å². The third-order valence-corrected chi connectivity index (χ3v) is 9.83. The normalized spacial score (nSPS) is 18.3. The molecule has 44 heavy (non-hydrogen) atoms. The van der Waals surface area contributed by atoms with E-state index in [-0.39, 0.29) is 36.2 Å². The summed E-state index contributed by atoms with van der Waals surface area (Å²) < 4.78 is 13.2. The summed E-state index contributed by atoms with van der Waals surface area (Å²) >= 11 is 1.55. The molecule has 3 aromatic carbocycles. The number of likely N-dealkylation sites (N-methyl/N-ethyl adjacent to an activating group) is 1. The molecule has 9 nitrogen and oxygen atoms in total. The van der Waals surface area contributed by atoms with E-state index in [1.165, 1.54) is 0 Å². The maximum absolute atomic E-state index is 14.1. The van der Waals surface area contributed by atoms with Gasteiger partial charge < -0.3 is 19.3 Å². The van der Waals surface area contributed by atoms with E-state index in [2.05, 4.69) is 11.8 Å². The van der Waals surface area contributed by atoms with Crippen molar-refractivity contribution in [1.29, 1.82) is 0 Å². The molecule has 3 aliphatic rings. The van der Waals surface area contributed by atoms with Crippen LogP contribution in [-0.2, 0) is 9.59 Å². The van der Waals surface area contributed by atoms with E-state index in [0.717, 1.165) is 53.3 Å². The lowest BCUT2D eigenvalue weighted by molar-refractivity contribution is -0.132. The third kappa shape index (κ3) is 5.33. The van der Waals surface area contributed by atoms with Crippen LogP contribution in [0.2, 0.25) is 0 Å². The van der Waals surface area contributed by atoms with Gasteiger partial charge >= 0.3 is 0 Å². The van der Waals surface area contributed by atoms with Gasteiger partial charge in [0.1, 0.15) is 12.4 Å². The first-order chi connectivity index (χ1) is 21.5. The van der Waals surface area contributed by atoms with Gasteiger partial charge in [-0.1, -0.05) is 61.0 Å². The van der Waals surface area contributed by atoms with E-state index in [4.69, 9.17) is 14.6 Å². The van der Waals surface area contributed by atoms with E-state index < -0.39 is 0 Å². The van der Waals surface area contributed by atoms with E-state index in [1.807, 2.05) is 89.3 Å². The molecular weight excluding hydrogens is 574 g/mol. The van der Waals surface area contributed by atoms with Crippen LogP contribution in [0.5, 0.6) is 11.5 Å². The number of benzene rings is 3. The molecule has 0 bridgehead atoms. The Bertz CT molecular complexity index is 1680. The van der Waals surface area contributed by atoms with Gasteiger partial charge in [0.05, 0.1) is 22.4 Å². The summed E-state index contributed by atoms with van der Waals surface area (Å²) in [5.41, 5.74) is 5.55. The Hall–Kier alpha value is -4.28. The molecular formula is C34H35N5O4S. The Morgan fingerprint density at radius 2 is 1.70 bits per heavy atom. The van der Waals surface area contributed by atoms with Gasteiger partial charge in [-0.05, 0) is 43.3 Å². The van der Waals surface area contributed by atoms with Gasteiger partial charge in [0.15, 0.2) is 11.5 Å². The number of nitrogens with zero attached hydrogens (tertiary/aromatic N) is 5. The second-order valence-corrected chi connectivity index (χ2v) is 12.4. The summed E-state index contributed by atoms with van der Waals surface area (Å²) in [7, 11) is 0. The maximum Gasteiger partial charge on any atom is 0.242 e. The number of aromatic nitrogens is 2. The number of hydrogen-bond donors (Lipinski definition) is 0. The molecule has 2 amide bonds. The molecule has 1 saturated heterocycles. The molecule has 7 rings (SSSR count). The zero-order chi connectivity index (χ0) is 30.2. The first-order valence-corrected chi connectivity index (χ1v) is 16.1. The van der Waals surface area contributed by atoms with Crippen LogP contribution in [-0.4, -0.2) is 83.2 Å². The lowest BCUT2D eigenvalue weighted by atomic mass is 9.99. The average Bonchev–Trinajstić information content (AvgIpc) is 3.66. The van der Waals surface area contributed by atoms with Crippen LogP contribution in [0.25, 0.3) is 16.9 Å². The predicted octanol–water partition coefficient (Wildman–Crippen LogP) is 4.91. The van der Waals surface area contributed by atoms with Crippen molar-refractivity contribution in [2.24, 2.45) is 0 Å². The highest BCUT2D eigenvalue weighted by Crippen LogP contribution is 2.50. The Labute approximate surface area is 261 Å². The number of aryl methyl sites for hydroxylation is 1. The minimum Gasteiger partial charge on any atom is -0.454 e. The molecule has 1 aromatic heterocycles. The quantitative estimate of drug-likeness (QED) is 0.307. The molecule has 0 radical (unpaired) electrons. The number of piperazine rings is 1. The molecule has 226 valence electrons. The molecule has 0 aliphatic carbocycles. The van der Waals surface area contributed by atoms with Gasteiger partial charge in [-0.15, -0.1) is 11.8 Å². The van der Waals surface area contributed by atoms with Crippen molar-refractivity contribution >= 4 is 29.4 Å².